The van der Waals surface area contributed by atoms with E-state index in [1.165, 1.54) is 5.56 Å². The lowest BCUT2D eigenvalue weighted by molar-refractivity contribution is -0.142. The van der Waals surface area contributed by atoms with Crippen molar-refractivity contribution >= 4 is 5.97 Å². The molecule has 0 spiro atoms. The highest BCUT2D eigenvalue weighted by Crippen LogP contribution is 2.27. The van der Waals surface area contributed by atoms with Crippen molar-refractivity contribution < 1.29 is 9.53 Å². The van der Waals surface area contributed by atoms with Crippen LogP contribution in [0.25, 0.3) is 0 Å². The van der Waals surface area contributed by atoms with E-state index in [9.17, 15) is 4.79 Å². The van der Waals surface area contributed by atoms with Gasteiger partial charge in [-0.05, 0) is 24.3 Å². The van der Waals surface area contributed by atoms with Crippen LogP contribution in [-0.4, -0.2) is 12.6 Å². The maximum atomic E-state index is 11.0. The average Bonchev–Trinajstić information content (AvgIpc) is 2.44. The van der Waals surface area contributed by atoms with Crippen LogP contribution in [0.2, 0.25) is 0 Å². The largest absolute Gasteiger partial charge is 0.466 e. The van der Waals surface area contributed by atoms with E-state index in [-0.39, 0.29) is 5.97 Å². The Bertz CT molecular complexity index is 305. The van der Waals surface area contributed by atoms with Crippen molar-refractivity contribution in [2.75, 3.05) is 6.61 Å². The van der Waals surface area contributed by atoms with Gasteiger partial charge in [0.2, 0.25) is 0 Å². The van der Waals surface area contributed by atoms with Crippen molar-refractivity contribution in [3.63, 3.8) is 0 Å². The van der Waals surface area contributed by atoms with Gasteiger partial charge in [-0.25, -0.2) is 0 Å². The first-order chi connectivity index (χ1) is 6.86. The van der Waals surface area contributed by atoms with E-state index in [1.807, 2.05) is 18.2 Å². The van der Waals surface area contributed by atoms with Crippen molar-refractivity contribution in [1.29, 1.82) is 0 Å². The molecule has 1 saturated heterocycles. The second kappa shape index (κ2) is 4.27. The Hall–Kier alpha value is -1.31. The van der Waals surface area contributed by atoms with E-state index in [0.717, 1.165) is 12.8 Å². The van der Waals surface area contributed by atoms with Gasteiger partial charge in [0, 0.05) is 6.42 Å². The zero-order chi connectivity index (χ0) is 9.80. The Morgan fingerprint density at radius 1 is 1.14 bits per heavy atom. The van der Waals surface area contributed by atoms with Gasteiger partial charge < -0.3 is 4.74 Å². The molecule has 1 fully saturated rings. The number of esters is 1. The summed E-state index contributed by atoms with van der Waals surface area (Å²) in [6, 6.07) is 10.4. The Kier molecular flexibility index (Phi) is 2.82. The van der Waals surface area contributed by atoms with Crippen LogP contribution < -0.4 is 0 Å². The molecule has 0 N–H and O–H groups in total. The van der Waals surface area contributed by atoms with Gasteiger partial charge in [-0.15, -0.1) is 0 Å². The van der Waals surface area contributed by atoms with Gasteiger partial charge in [-0.2, -0.15) is 0 Å². The van der Waals surface area contributed by atoms with Crippen LogP contribution in [0, 0.1) is 0 Å². The lowest BCUT2D eigenvalue weighted by atomic mass is 9.92. The molecule has 1 aliphatic heterocycles. The summed E-state index contributed by atoms with van der Waals surface area (Å²) < 4.78 is 5.02. The first kappa shape index (κ1) is 9.25. The number of cyclic esters (lactones) is 1. The number of carbonyl (C=O) groups excluding carboxylic acids is 1. The van der Waals surface area contributed by atoms with E-state index in [0.29, 0.717) is 18.9 Å². The fraction of sp³-hybridized carbons (Fsp3) is 0.417. The van der Waals surface area contributed by atoms with Gasteiger partial charge in [0.15, 0.2) is 0 Å². The molecule has 2 rings (SSSR count). The first-order valence-electron chi connectivity index (χ1n) is 5.07. The van der Waals surface area contributed by atoms with E-state index in [4.69, 9.17) is 4.74 Å². The van der Waals surface area contributed by atoms with Crippen LogP contribution in [0.3, 0.4) is 0 Å². The van der Waals surface area contributed by atoms with Crippen LogP contribution in [0.5, 0.6) is 0 Å². The molecule has 1 aromatic carbocycles. The van der Waals surface area contributed by atoms with E-state index >= 15 is 0 Å². The van der Waals surface area contributed by atoms with E-state index in [2.05, 4.69) is 12.1 Å². The predicted octanol–water partition coefficient (Wildman–Crippen LogP) is 2.50. The highest BCUT2D eigenvalue weighted by atomic mass is 16.5. The predicted molar refractivity (Wildman–Crippen MR) is 54.0 cm³/mol. The topological polar surface area (TPSA) is 26.3 Å². The van der Waals surface area contributed by atoms with Crippen molar-refractivity contribution in [3.05, 3.63) is 35.9 Å². The normalized spacial score (nSPS) is 22.6. The van der Waals surface area contributed by atoms with Crippen LogP contribution in [-0.2, 0) is 9.53 Å². The third-order valence-electron chi connectivity index (χ3n) is 2.70. The summed E-state index contributed by atoms with van der Waals surface area (Å²) in [6.45, 7) is 0.568. The smallest absolute Gasteiger partial charge is 0.305 e. The minimum atomic E-state index is -0.0524. The summed E-state index contributed by atoms with van der Waals surface area (Å²) in [5.41, 5.74) is 1.32. The Morgan fingerprint density at radius 2 is 1.93 bits per heavy atom. The second-order valence-corrected chi connectivity index (χ2v) is 3.66. The second-order valence-electron chi connectivity index (χ2n) is 3.66. The molecular weight excluding hydrogens is 176 g/mol. The summed E-state index contributed by atoms with van der Waals surface area (Å²) in [5.74, 6) is 0.436. The third kappa shape index (κ3) is 2.13. The maximum Gasteiger partial charge on any atom is 0.305 e. The molecule has 1 heterocycles. The average molecular weight is 190 g/mol. The van der Waals surface area contributed by atoms with E-state index < -0.39 is 0 Å². The molecule has 1 aliphatic rings. The summed E-state index contributed by atoms with van der Waals surface area (Å²) in [5, 5.41) is 0. The quantitative estimate of drug-likeness (QED) is 0.636. The maximum absolute atomic E-state index is 11.0. The van der Waals surface area contributed by atoms with Gasteiger partial charge in [-0.3, -0.25) is 4.79 Å². The van der Waals surface area contributed by atoms with E-state index in [1.54, 1.807) is 0 Å². The minimum absolute atomic E-state index is 0.0524. The summed E-state index contributed by atoms with van der Waals surface area (Å²) in [4.78, 5) is 11.0. The summed E-state index contributed by atoms with van der Waals surface area (Å²) in [6.07, 6.45) is 2.43. The lowest BCUT2D eigenvalue weighted by Crippen LogP contribution is -2.00. The molecule has 0 unspecified atom stereocenters. The Balaban J connectivity index is 2.08. The van der Waals surface area contributed by atoms with Crippen molar-refractivity contribution in [2.24, 2.45) is 0 Å². The number of carbonyl (C=O) groups is 1. The van der Waals surface area contributed by atoms with Crippen molar-refractivity contribution in [3.8, 4) is 0 Å². The molecule has 1 atom stereocenters. The number of ether oxygens (including phenoxy) is 1. The Morgan fingerprint density at radius 3 is 2.71 bits per heavy atom. The molecule has 0 aromatic heterocycles. The van der Waals surface area contributed by atoms with Crippen LogP contribution in [0.1, 0.15) is 30.7 Å². The molecule has 2 nitrogen and oxygen atoms in total. The fourth-order valence-corrected chi connectivity index (χ4v) is 1.88. The number of rotatable bonds is 1. The molecule has 0 amide bonds. The number of hydrogen-bond donors (Lipinski definition) is 0. The van der Waals surface area contributed by atoms with Gasteiger partial charge in [0.25, 0.3) is 0 Å². The molecule has 2 heteroatoms. The van der Waals surface area contributed by atoms with Crippen molar-refractivity contribution in [2.45, 2.75) is 25.2 Å². The molecular formula is C12H14O2. The molecule has 0 aliphatic carbocycles. The van der Waals surface area contributed by atoms with Gasteiger partial charge in [-0.1, -0.05) is 30.3 Å². The summed E-state index contributed by atoms with van der Waals surface area (Å²) in [7, 11) is 0. The number of hydrogen-bond acceptors (Lipinski definition) is 2. The zero-order valence-electron chi connectivity index (χ0n) is 8.11. The summed E-state index contributed by atoms with van der Waals surface area (Å²) >= 11 is 0. The minimum Gasteiger partial charge on any atom is -0.466 e. The SMILES string of the molecule is O=C1CC[C@@H](c2ccccc2)CCO1. The van der Waals surface area contributed by atoms with Crippen LogP contribution in [0.4, 0.5) is 0 Å². The lowest BCUT2D eigenvalue weighted by Gasteiger charge is -2.12. The zero-order valence-corrected chi connectivity index (χ0v) is 8.11. The molecule has 0 bridgehead atoms. The molecule has 74 valence electrons. The fourth-order valence-electron chi connectivity index (χ4n) is 1.88. The monoisotopic (exact) mass is 190 g/mol. The van der Waals surface area contributed by atoms with Gasteiger partial charge in [0.05, 0.1) is 6.61 Å². The molecule has 0 saturated carbocycles. The van der Waals surface area contributed by atoms with Crippen LogP contribution >= 0.6 is 0 Å². The molecule has 1 aromatic rings. The Labute approximate surface area is 83.9 Å². The van der Waals surface area contributed by atoms with Gasteiger partial charge in [0.1, 0.15) is 0 Å². The highest BCUT2D eigenvalue weighted by Gasteiger charge is 2.18. The number of benzene rings is 1. The van der Waals surface area contributed by atoms with Crippen LogP contribution in [0.15, 0.2) is 30.3 Å². The highest BCUT2D eigenvalue weighted by molar-refractivity contribution is 5.69. The molecule has 0 radical (unpaired) electrons. The first-order valence-corrected chi connectivity index (χ1v) is 5.07. The standard InChI is InChI=1S/C12H14O2/c13-12-7-6-11(8-9-14-12)10-4-2-1-3-5-10/h1-5,11H,6-9H2/t11-/m1/s1. The molecule has 14 heavy (non-hydrogen) atoms. The third-order valence-corrected chi connectivity index (χ3v) is 2.70. The van der Waals surface area contributed by atoms with Crippen molar-refractivity contribution in [1.82, 2.24) is 0 Å². The van der Waals surface area contributed by atoms with Gasteiger partial charge >= 0.3 is 5.97 Å².